The van der Waals surface area contributed by atoms with E-state index >= 15 is 0 Å². The van der Waals surface area contributed by atoms with E-state index in [9.17, 15) is 14.4 Å². The van der Waals surface area contributed by atoms with Crippen LogP contribution in [-0.2, 0) is 16.8 Å². The molecule has 31 heavy (non-hydrogen) atoms. The van der Waals surface area contributed by atoms with Crippen LogP contribution in [0, 0.1) is 5.92 Å². The van der Waals surface area contributed by atoms with Gasteiger partial charge in [0, 0.05) is 6.54 Å². The van der Waals surface area contributed by atoms with E-state index in [1.54, 1.807) is 41.8 Å². The monoisotopic (exact) mass is 425 g/mol. The fourth-order valence-corrected chi connectivity index (χ4v) is 4.66. The van der Waals surface area contributed by atoms with Crippen molar-refractivity contribution in [1.29, 1.82) is 0 Å². The molecule has 0 spiro atoms. The summed E-state index contributed by atoms with van der Waals surface area (Å²) in [4.78, 5) is 43.6. The molecule has 2 bridgehead atoms. The normalized spacial score (nSPS) is 21.8. The average molecular weight is 425 g/mol. The molecule has 1 N–H and O–H groups in total. The zero-order valence-electron chi connectivity index (χ0n) is 17.8. The van der Waals surface area contributed by atoms with Crippen LogP contribution in [0.1, 0.15) is 66.2 Å². The summed E-state index contributed by atoms with van der Waals surface area (Å²) in [6.07, 6.45) is 3.60. The third kappa shape index (κ3) is 3.87. The fraction of sp³-hybridized carbons (Fsp3) is 0.478. The van der Waals surface area contributed by atoms with Crippen LogP contribution in [0.5, 0.6) is 5.75 Å². The predicted octanol–water partition coefficient (Wildman–Crippen LogP) is 2.65. The Bertz CT molecular complexity index is 1040. The number of aromatic nitrogens is 2. The van der Waals surface area contributed by atoms with Crippen LogP contribution in [0.15, 0.2) is 35.1 Å². The zero-order valence-corrected chi connectivity index (χ0v) is 17.8. The smallest absolute Gasteiger partial charge is 0.361 e. The zero-order chi connectivity index (χ0) is 22.0. The van der Waals surface area contributed by atoms with E-state index in [1.807, 2.05) is 6.92 Å². The van der Waals surface area contributed by atoms with Crippen molar-refractivity contribution < 1.29 is 19.1 Å². The second-order valence-corrected chi connectivity index (χ2v) is 8.06. The number of carbonyl (C=O) groups excluding carboxylic acids is 2. The van der Waals surface area contributed by atoms with Crippen molar-refractivity contribution in [2.45, 2.75) is 51.6 Å². The average Bonchev–Trinajstić information content (AvgIpc) is 3.03. The molecule has 2 aromatic rings. The number of hydrogen-bond donors (Lipinski definition) is 1. The Morgan fingerprint density at radius 2 is 1.87 bits per heavy atom. The van der Waals surface area contributed by atoms with Crippen molar-refractivity contribution in [3.05, 3.63) is 57.8 Å². The summed E-state index contributed by atoms with van der Waals surface area (Å²) >= 11 is 0. The van der Waals surface area contributed by atoms with E-state index in [2.05, 4.69) is 10.3 Å². The highest BCUT2D eigenvalue weighted by Gasteiger charge is 2.44. The van der Waals surface area contributed by atoms with Gasteiger partial charge < -0.3 is 14.8 Å². The van der Waals surface area contributed by atoms with Crippen LogP contribution in [0.25, 0.3) is 0 Å². The minimum Gasteiger partial charge on any atom is -0.461 e. The number of nitrogens with one attached hydrogen (secondary N) is 1. The highest BCUT2D eigenvalue weighted by Crippen LogP contribution is 2.42. The molecule has 1 saturated carbocycles. The Balaban J connectivity index is 1.86. The van der Waals surface area contributed by atoms with Crippen LogP contribution >= 0.6 is 0 Å². The topological polar surface area (TPSA) is 99.5 Å². The minimum atomic E-state index is -0.774. The van der Waals surface area contributed by atoms with Gasteiger partial charge in [0.2, 0.25) is 5.75 Å². The van der Waals surface area contributed by atoms with E-state index in [-0.39, 0.29) is 23.6 Å². The molecule has 164 valence electrons. The van der Waals surface area contributed by atoms with Gasteiger partial charge in [-0.25, -0.2) is 14.6 Å². The van der Waals surface area contributed by atoms with Gasteiger partial charge in [-0.2, -0.15) is 0 Å². The third-order valence-electron chi connectivity index (χ3n) is 6.14. The van der Waals surface area contributed by atoms with Gasteiger partial charge in [0.1, 0.15) is 5.82 Å². The summed E-state index contributed by atoms with van der Waals surface area (Å²) in [6, 6.07) is 8.34. The van der Waals surface area contributed by atoms with E-state index in [1.165, 1.54) is 0 Å². The molecule has 1 aromatic heterocycles. The SMILES string of the molecule is CCNC12CCC(CC1)Cn1c2nc(C(=O)OCC)c(OC(=O)c2ccccc2)c1=O. The maximum atomic E-state index is 13.5. The summed E-state index contributed by atoms with van der Waals surface area (Å²) in [6.45, 7) is 5.00. The Morgan fingerprint density at radius 3 is 2.52 bits per heavy atom. The number of ether oxygens (including phenoxy) is 2. The Morgan fingerprint density at radius 1 is 1.16 bits per heavy atom. The Kier molecular flexibility index (Phi) is 5.91. The lowest BCUT2D eigenvalue weighted by Gasteiger charge is -2.37. The molecular formula is C23H27N3O5. The molecule has 0 unspecified atom stereocenters. The summed E-state index contributed by atoms with van der Waals surface area (Å²) in [5.41, 5.74) is -0.969. The summed E-state index contributed by atoms with van der Waals surface area (Å²) in [7, 11) is 0. The van der Waals surface area contributed by atoms with Crippen LogP contribution < -0.4 is 15.6 Å². The lowest BCUT2D eigenvalue weighted by Crippen LogP contribution is -2.47. The molecule has 3 heterocycles. The molecule has 2 aliphatic heterocycles. The first-order chi connectivity index (χ1) is 15.0. The number of carbonyl (C=O) groups is 2. The van der Waals surface area contributed by atoms with Crippen molar-refractivity contribution in [1.82, 2.24) is 14.9 Å². The van der Waals surface area contributed by atoms with Crippen LogP contribution in [0.3, 0.4) is 0 Å². The van der Waals surface area contributed by atoms with Gasteiger partial charge in [0.25, 0.3) is 5.56 Å². The van der Waals surface area contributed by atoms with Gasteiger partial charge in [-0.05, 0) is 57.2 Å². The number of fused-ring (bicyclic) bond motifs is 2. The van der Waals surface area contributed by atoms with Gasteiger partial charge in [-0.1, -0.05) is 25.1 Å². The first kappa shape index (κ1) is 21.2. The Hall–Kier alpha value is -3.00. The standard InChI is InChI=1S/C23H27N3O5/c1-3-24-23-12-10-15(11-13-23)14-26-19(27)18(17(25-22(23)26)21(29)30-4-2)31-20(28)16-8-6-5-7-9-16/h5-9,15,24H,3-4,10-14H2,1-2H3. The Labute approximate surface area is 180 Å². The first-order valence-corrected chi connectivity index (χ1v) is 10.8. The molecule has 0 atom stereocenters. The molecular weight excluding hydrogens is 398 g/mol. The molecule has 0 radical (unpaired) electrons. The highest BCUT2D eigenvalue weighted by atomic mass is 16.6. The van der Waals surface area contributed by atoms with Gasteiger partial charge in [-0.3, -0.25) is 9.36 Å². The van der Waals surface area contributed by atoms with Crippen molar-refractivity contribution in [3.63, 3.8) is 0 Å². The molecule has 0 saturated heterocycles. The van der Waals surface area contributed by atoms with E-state index in [4.69, 9.17) is 9.47 Å². The number of nitrogens with zero attached hydrogens (tertiary/aromatic N) is 2. The quantitative estimate of drug-likeness (QED) is 0.710. The highest BCUT2D eigenvalue weighted by molar-refractivity contribution is 5.94. The molecule has 3 aliphatic rings. The molecule has 5 rings (SSSR count). The van der Waals surface area contributed by atoms with Gasteiger partial charge in [-0.15, -0.1) is 0 Å². The largest absolute Gasteiger partial charge is 0.461 e. The summed E-state index contributed by atoms with van der Waals surface area (Å²) in [5, 5.41) is 3.51. The van der Waals surface area contributed by atoms with E-state index in [0.29, 0.717) is 24.8 Å². The van der Waals surface area contributed by atoms with Crippen molar-refractivity contribution >= 4 is 11.9 Å². The predicted molar refractivity (Wildman–Crippen MR) is 113 cm³/mol. The van der Waals surface area contributed by atoms with Crippen LogP contribution in [-0.4, -0.2) is 34.6 Å². The number of rotatable bonds is 6. The van der Waals surface area contributed by atoms with Crippen LogP contribution in [0.4, 0.5) is 0 Å². The van der Waals surface area contributed by atoms with Gasteiger partial charge in [0.15, 0.2) is 5.69 Å². The van der Waals surface area contributed by atoms with E-state index < -0.39 is 23.0 Å². The maximum absolute atomic E-state index is 13.5. The number of hydrogen-bond acceptors (Lipinski definition) is 7. The molecule has 8 heteroatoms. The lowest BCUT2D eigenvalue weighted by atomic mass is 9.77. The van der Waals surface area contributed by atoms with Crippen molar-refractivity contribution in [3.8, 4) is 5.75 Å². The van der Waals surface area contributed by atoms with Gasteiger partial charge in [0.05, 0.1) is 17.7 Å². The third-order valence-corrected chi connectivity index (χ3v) is 6.14. The maximum Gasteiger partial charge on any atom is 0.361 e. The van der Waals surface area contributed by atoms with Crippen molar-refractivity contribution in [2.24, 2.45) is 5.92 Å². The fourth-order valence-electron chi connectivity index (χ4n) is 4.66. The molecule has 0 amide bonds. The second-order valence-electron chi connectivity index (χ2n) is 8.06. The molecule has 1 aliphatic carbocycles. The molecule has 1 fully saturated rings. The summed E-state index contributed by atoms with van der Waals surface area (Å²) in [5.74, 6) is -0.988. The number of esters is 2. The molecule has 1 aromatic carbocycles. The van der Waals surface area contributed by atoms with E-state index in [0.717, 1.165) is 25.7 Å². The number of benzene rings is 1. The minimum absolute atomic E-state index is 0.116. The summed E-state index contributed by atoms with van der Waals surface area (Å²) < 4.78 is 12.2. The lowest BCUT2D eigenvalue weighted by molar-refractivity contribution is 0.0510. The van der Waals surface area contributed by atoms with Gasteiger partial charge >= 0.3 is 11.9 Å². The van der Waals surface area contributed by atoms with Crippen molar-refractivity contribution in [2.75, 3.05) is 13.2 Å². The second kappa shape index (κ2) is 8.63. The first-order valence-electron chi connectivity index (χ1n) is 10.8. The van der Waals surface area contributed by atoms with Crippen LogP contribution in [0.2, 0.25) is 0 Å². The molecule has 8 nitrogen and oxygen atoms in total.